The van der Waals surface area contributed by atoms with Crippen LogP contribution < -0.4 is 10.1 Å². The van der Waals surface area contributed by atoms with E-state index in [0.29, 0.717) is 18.7 Å². The van der Waals surface area contributed by atoms with Crippen molar-refractivity contribution in [1.29, 1.82) is 0 Å². The van der Waals surface area contributed by atoms with Crippen molar-refractivity contribution in [3.05, 3.63) is 100 Å². The van der Waals surface area contributed by atoms with Crippen molar-refractivity contribution >= 4 is 27.7 Å². The Bertz CT molecular complexity index is 1140. The molecule has 1 saturated carbocycles. The molecule has 0 aliphatic heterocycles. The maximum absolute atomic E-state index is 13.8. The number of halogens is 1. The zero-order valence-corrected chi connectivity index (χ0v) is 23.0. The lowest BCUT2D eigenvalue weighted by Crippen LogP contribution is -2.53. The molecule has 0 radical (unpaired) electrons. The van der Waals surface area contributed by atoms with Crippen molar-refractivity contribution in [2.75, 3.05) is 6.61 Å². The normalized spacial score (nSPS) is 14.5. The van der Waals surface area contributed by atoms with E-state index in [4.69, 9.17) is 4.74 Å². The first kappa shape index (κ1) is 26.9. The highest BCUT2D eigenvalue weighted by atomic mass is 79.9. The van der Waals surface area contributed by atoms with Gasteiger partial charge in [0.1, 0.15) is 11.8 Å². The third-order valence-corrected chi connectivity index (χ3v) is 7.40. The highest BCUT2D eigenvalue weighted by molar-refractivity contribution is 9.10. The van der Waals surface area contributed by atoms with Gasteiger partial charge in [0.05, 0.1) is 0 Å². The molecule has 1 atom stereocenters. The molecule has 0 spiro atoms. The third kappa shape index (κ3) is 8.19. The van der Waals surface area contributed by atoms with E-state index in [1.807, 2.05) is 85.8 Å². The number of nitrogens with one attached hydrogen (secondary N) is 1. The second-order valence-corrected chi connectivity index (χ2v) is 10.7. The second kappa shape index (κ2) is 13.4. The standard InChI is InChI=1S/C31H35BrN2O3/c1-23-12-14-25(15-13-23)21-34(30(35)22-37-28-18-16-26(32)17-19-28)29(20-24-8-4-2-5-9-24)31(36)33-27-10-6-3-7-11-27/h2,4-5,8-9,12-19,27,29H,3,6-7,10-11,20-22H2,1H3,(H,33,36)/t29-/m0/s1. The molecule has 1 N–H and O–H groups in total. The van der Waals surface area contributed by atoms with Gasteiger partial charge in [-0.2, -0.15) is 0 Å². The number of hydrogen-bond acceptors (Lipinski definition) is 3. The van der Waals surface area contributed by atoms with Gasteiger partial charge < -0.3 is 15.0 Å². The van der Waals surface area contributed by atoms with Crippen LogP contribution in [0.25, 0.3) is 0 Å². The molecule has 5 nitrogen and oxygen atoms in total. The van der Waals surface area contributed by atoms with Crippen LogP contribution in [0.1, 0.15) is 48.8 Å². The third-order valence-electron chi connectivity index (χ3n) is 6.87. The van der Waals surface area contributed by atoms with E-state index < -0.39 is 6.04 Å². The van der Waals surface area contributed by atoms with E-state index in [1.165, 1.54) is 6.42 Å². The Kier molecular flexibility index (Phi) is 9.78. The Morgan fingerprint density at radius 1 is 0.919 bits per heavy atom. The van der Waals surface area contributed by atoms with E-state index >= 15 is 0 Å². The smallest absolute Gasteiger partial charge is 0.261 e. The lowest BCUT2D eigenvalue weighted by molar-refractivity contribution is -0.143. The van der Waals surface area contributed by atoms with Crippen LogP contribution >= 0.6 is 15.9 Å². The summed E-state index contributed by atoms with van der Waals surface area (Å²) >= 11 is 3.42. The number of benzene rings is 3. The fourth-order valence-electron chi connectivity index (χ4n) is 4.75. The molecule has 6 heteroatoms. The lowest BCUT2D eigenvalue weighted by Gasteiger charge is -2.33. The van der Waals surface area contributed by atoms with Gasteiger partial charge in [-0.05, 0) is 55.2 Å². The predicted octanol–water partition coefficient (Wildman–Crippen LogP) is 6.23. The van der Waals surface area contributed by atoms with Crippen molar-refractivity contribution in [2.24, 2.45) is 0 Å². The second-order valence-electron chi connectivity index (χ2n) is 9.80. The summed E-state index contributed by atoms with van der Waals surface area (Å²) < 4.78 is 6.79. The highest BCUT2D eigenvalue weighted by Gasteiger charge is 2.32. The molecule has 4 rings (SSSR count). The topological polar surface area (TPSA) is 58.6 Å². The highest BCUT2D eigenvalue weighted by Crippen LogP contribution is 2.21. The fraction of sp³-hybridized carbons (Fsp3) is 0.355. The zero-order valence-electron chi connectivity index (χ0n) is 21.4. The summed E-state index contributed by atoms with van der Waals surface area (Å²) in [5, 5.41) is 3.27. The van der Waals surface area contributed by atoms with Gasteiger partial charge in [0, 0.05) is 23.5 Å². The molecule has 2 amide bonds. The zero-order chi connectivity index (χ0) is 26.0. The Morgan fingerprint density at radius 3 is 2.27 bits per heavy atom. The molecular weight excluding hydrogens is 528 g/mol. The lowest BCUT2D eigenvalue weighted by atomic mass is 9.94. The first-order chi connectivity index (χ1) is 18.0. The minimum Gasteiger partial charge on any atom is -0.484 e. The van der Waals surface area contributed by atoms with Gasteiger partial charge in [0.2, 0.25) is 5.91 Å². The first-order valence-electron chi connectivity index (χ1n) is 13.1. The van der Waals surface area contributed by atoms with Crippen LogP contribution in [-0.2, 0) is 22.6 Å². The van der Waals surface area contributed by atoms with Crippen LogP contribution in [0.15, 0.2) is 83.3 Å². The van der Waals surface area contributed by atoms with E-state index in [1.54, 1.807) is 4.90 Å². The van der Waals surface area contributed by atoms with E-state index in [0.717, 1.165) is 46.8 Å². The maximum Gasteiger partial charge on any atom is 0.261 e. The van der Waals surface area contributed by atoms with Crippen molar-refractivity contribution in [2.45, 2.75) is 64.1 Å². The average Bonchev–Trinajstić information content (AvgIpc) is 2.92. The number of carbonyl (C=O) groups is 2. The molecule has 3 aromatic rings. The Morgan fingerprint density at radius 2 is 1.59 bits per heavy atom. The summed E-state index contributed by atoms with van der Waals surface area (Å²) in [5.74, 6) is 0.293. The number of carbonyl (C=O) groups excluding carboxylic acids is 2. The maximum atomic E-state index is 13.8. The van der Waals surface area contributed by atoms with Crippen molar-refractivity contribution in [3.8, 4) is 5.75 Å². The molecule has 1 fully saturated rings. The number of nitrogens with zero attached hydrogens (tertiary/aromatic N) is 1. The van der Waals surface area contributed by atoms with Crippen LogP contribution in [0.2, 0.25) is 0 Å². The van der Waals surface area contributed by atoms with Crippen LogP contribution in [0.4, 0.5) is 0 Å². The van der Waals surface area contributed by atoms with E-state index in [9.17, 15) is 9.59 Å². The molecule has 0 saturated heterocycles. The minimum atomic E-state index is -0.647. The Hall–Kier alpha value is -3.12. The quantitative estimate of drug-likeness (QED) is 0.319. The molecule has 1 aliphatic carbocycles. The van der Waals surface area contributed by atoms with Gasteiger partial charge in [-0.3, -0.25) is 9.59 Å². The summed E-state index contributed by atoms with van der Waals surface area (Å²) in [6.07, 6.45) is 5.88. The summed E-state index contributed by atoms with van der Waals surface area (Å²) in [7, 11) is 0. The largest absolute Gasteiger partial charge is 0.484 e. The number of ether oxygens (including phenoxy) is 1. The molecule has 0 bridgehead atoms. The van der Waals surface area contributed by atoms with Gasteiger partial charge in [-0.25, -0.2) is 0 Å². The van der Waals surface area contributed by atoms with Crippen LogP contribution in [-0.4, -0.2) is 35.4 Å². The average molecular weight is 564 g/mol. The SMILES string of the molecule is Cc1ccc(CN(C(=O)COc2ccc(Br)cc2)[C@@H](Cc2ccccc2)C(=O)NC2CCCCC2)cc1. The molecule has 194 valence electrons. The Balaban J connectivity index is 1.59. The van der Waals surface area contributed by atoms with Gasteiger partial charge in [-0.15, -0.1) is 0 Å². The van der Waals surface area contributed by atoms with Gasteiger partial charge >= 0.3 is 0 Å². The molecule has 37 heavy (non-hydrogen) atoms. The monoisotopic (exact) mass is 562 g/mol. The molecule has 0 unspecified atom stereocenters. The molecular formula is C31H35BrN2O3. The van der Waals surface area contributed by atoms with Crippen molar-refractivity contribution < 1.29 is 14.3 Å². The van der Waals surface area contributed by atoms with Gasteiger partial charge in [-0.1, -0.05) is 95.4 Å². The van der Waals surface area contributed by atoms with Crippen LogP contribution in [0.3, 0.4) is 0 Å². The van der Waals surface area contributed by atoms with Crippen LogP contribution in [0.5, 0.6) is 5.75 Å². The number of amides is 2. The summed E-state index contributed by atoms with van der Waals surface area (Å²) in [6.45, 7) is 2.22. The number of aryl methyl sites for hydroxylation is 1. The van der Waals surface area contributed by atoms with Crippen molar-refractivity contribution in [1.82, 2.24) is 10.2 Å². The molecule has 0 heterocycles. The first-order valence-corrected chi connectivity index (χ1v) is 13.8. The summed E-state index contributed by atoms with van der Waals surface area (Å²) in [5.41, 5.74) is 3.14. The number of rotatable bonds is 10. The molecule has 0 aromatic heterocycles. The van der Waals surface area contributed by atoms with Gasteiger partial charge in [0.25, 0.3) is 5.91 Å². The van der Waals surface area contributed by atoms with E-state index in [-0.39, 0.29) is 24.5 Å². The van der Waals surface area contributed by atoms with Crippen LogP contribution in [0, 0.1) is 6.92 Å². The van der Waals surface area contributed by atoms with E-state index in [2.05, 4.69) is 21.2 Å². The number of hydrogen-bond donors (Lipinski definition) is 1. The van der Waals surface area contributed by atoms with Crippen molar-refractivity contribution in [3.63, 3.8) is 0 Å². The molecule has 1 aliphatic rings. The minimum absolute atomic E-state index is 0.0974. The Labute approximate surface area is 228 Å². The molecule has 3 aromatic carbocycles. The predicted molar refractivity (Wildman–Crippen MR) is 150 cm³/mol. The van der Waals surface area contributed by atoms with Gasteiger partial charge in [0.15, 0.2) is 6.61 Å². The summed E-state index contributed by atoms with van der Waals surface area (Å²) in [6, 6.07) is 24.9. The summed E-state index contributed by atoms with van der Waals surface area (Å²) in [4.78, 5) is 29.2. The fourth-order valence-corrected chi connectivity index (χ4v) is 5.01.